The van der Waals surface area contributed by atoms with Crippen LogP contribution in [0.4, 0.5) is 5.69 Å². The molecule has 3 rings (SSSR count). The van der Waals surface area contributed by atoms with Gasteiger partial charge in [0.15, 0.2) is 0 Å². The number of piperidine rings is 1. The fourth-order valence-electron chi connectivity index (χ4n) is 2.83. The quantitative estimate of drug-likeness (QED) is 0.781. The van der Waals surface area contributed by atoms with E-state index in [1.165, 1.54) is 9.94 Å². The van der Waals surface area contributed by atoms with E-state index in [0.717, 1.165) is 36.6 Å². The number of rotatable bonds is 1. The van der Waals surface area contributed by atoms with Crippen LogP contribution in [0.15, 0.2) is 28.1 Å². The Labute approximate surface area is 122 Å². The van der Waals surface area contributed by atoms with Crippen LogP contribution in [0.2, 0.25) is 5.02 Å². The maximum absolute atomic E-state index is 6.47. The molecule has 2 aliphatic heterocycles. The van der Waals surface area contributed by atoms with Gasteiger partial charge in [0, 0.05) is 15.3 Å². The highest BCUT2D eigenvalue weighted by molar-refractivity contribution is 8.28. The summed E-state index contributed by atoms with van der Waals surface area (Å²) in [6.45, 7) is 4.56. The Morgan fingerprint density at radius 3 is 2.74 bits per heavy atom. The van der Waals surface area contributed by atoms with Crippen molar-refractivity contribution in [2.24, 2.45) is 15.5 Å². The molecule has 0 aliphatic carbocycles. The Morgan fingerprint density at radius 2 is 2.05 bits per heavy atom. The number of aliphatic imine (C=N–C) groups is 1. The van der Waals surface area contributed by atoms with Crippen molar-refractivity contribution in [2.45, 2.75) is 24.7 Å². The van der Waals surface area contributed by atoms with Gasteiger partial charge in [-0.1, -0.05) is 18.5 Å². The van der Waals surface area contributed by atoms with Crippen molar-refractivity contribution in [1.82, 2.24) is 4.90 Å². The standard InChI is InChI=1S/C14H20ClN3S/c1-14(5-7-18(2)8-6-14)13-17-11-9-10(15)3-4-12(11)19(13)16/h3-4,9,19H,5-8,16H2,1-2H3. The van der Waals surface area contributed by atoms with Gasteiger partial charge in [-0.3, -0.25) is 5.14 Å². The van der Waals surface area contributed by atoms with E-state index in [2.05, 4.69) is 18.9 Å². The van der Waals surface area contributed by atoms with Crippen LogP contribution in [0.25, 0.3) is 0 Å². The summed E-state index contributed by atoms with van der Waals surface area (Å²) in [6, 6.07) is 5.89. The molecule has 1 aromatic rings. The minimum atomic E-state index is -0.770. The third-order valence-corrected chi connectivity index (χ3v) is 6.51. The van der Waals surface area contributed by atoms with Crippen LogP contribution >= 0.6 is 22.7 Å². The summed E-state index contributed by atoms with van der Waals surface area (Å²) < 4.78 is 0. The number of nitrogens with two attached hydrogens (primary N) is 1. The van der Waals surface area contributed by atoms with E-state index in [9.17, 15) is 0 Å². The van der Waals surface area contributed by atoms with Crippen molar-refractivity contribution in [2.75, 3.05) is 20.1 Å². The highest BCUT2D eigenvalue weighted by Crippen LogP contribution is 2.52. The van der Waals surface area contributed by atoms with Crippen molar-refractivity contribution < 1.29 is 0 Å². The third-order valence-electron chi connectivity index (χ3n) is 4.28. The molecule has 1 fully saturated rings. The topological polar surface area (TPSA) is 41.6 Å². The lowest BCUT2D eigenvalue weighted by molar-refractivity contribution is 0.196. The number of halogens is 1. The van der Waals surface area contributed by atoms with Crippen LogP contribution < -0.4 is 5.14 Å². The van der Waals surface area contributed by atoms with Crippen molar-refractivity contribution >= 4 is 33.4 Å². The number of nitrogens with zero attached hydrogens (tertiary/aromatic N) is 2. The molecule has 2 heterocycles. The Balaban J connectivity index is 1.93. The van der Waals surface area contributed by atoms with Gasteiger partial charge in [-0.15, -0.1) is 11.1 Å². The Bertz CT molecular complexity index is 535. The zero-order valence-corrected chi connectivity index (χ0v) is 13.0. The highest BCUT2D eigenvalue weighted by Gasteiger charge is 2.39. The molecular formula is C14H20ClN3S. The smallest absolute Gasteiger partial charge is 0.0787 e. The number of thiol groups is 1. The zero-order valence-electron chi connectivity index (χ0n) is 11.4. The van der Waals surface area contributed by atoms with Gasteiger partial charge in [-0.25, -0.2) is 4.99 Å². The third kappa shape index (κ3) is 2.31. The van der Waals surface area contributed by atoms with Crippen molar-refractivity contribution in [3.8, 4) is 0 Å². The van der Waals surface area contributed by atoms with E-state index in [0.29, 0.717) is 0 Å². The highest BCUT2D eigenvalue weighted by atomic mass is 35.5. The second-order valence-corrected chi connectivity index (χ2v) is 7.88. The van der Waals surface area contributed by atoms with Crippen molar-refractivity contribution in [1.29, 1.82) is 0 Å². The molecule has 1 atom stereocenters. The number of hydrogen-bond donors (Lipinski definition) is 2. The zero-order chi connectivity index (χ0) is 13.6. The number of benzene rings is 1. The first-order valence-electron chi connectivity index (χ1n) is 6.62. The van der Waals surface area contributed by atoms with Gasteiger partial charge in [-0.2, -0.15) is 0 Å². The molecule has 0 bridgehead atoms. The first-order valence-corrected chi connectivity index (χ1v) is 8.41. The SMILES string of the molecule is CN1CCC(C)(C2=Nc3cc(Cl)ccc3[SH]2N)CC1. The Kier molecular flexibility index (Phi) is 3.38. The van der Waals surface area contributed by atoms with Crippen LogP contribution in [0, 0.1) is 5.41 Å². The lowest BCUT2D eigenvalue weighted by Crippen LogP contribution is -2.41. The van der Waals surface area contributed by atoms with E-state index < -0.39 is 11.1 Å². The second kappa shape index (κ2) is 4.77. The molecule has 0 saturated carbocycles. The average Bonchev–Trinajstić information content (AvgIpc) is 2.71. The van der Waals surface area contributed by atoms with Crippen LogP contribution in [0.3, 0.4) is 0 Å². The summed E-state index contributed by atoms with van der Waals surface area (Å²) in [5, 5.41) is 8.41. The van der Waals surface area contributed by atoms with Gasteiger partial charge in [0.05, 0.1) is 10.7 Å². The summed E-state index contributed by atoms with van der Waals surface area (Å²) in [7, 11) is 2.18. The van der Waals surface area contributed by atoms with Gasteiger partial charge < -0.3 is 4.90 Å². The summed E-state index contributed by atoms with van der Waals surface area (Å²) in [5.41, 5.74) is 1.13. The van der Waals surface area contributed by atoms with E-state index >= 15 is 0 Å². The molecule has 19 heavy (non-hydrogen) atoms. The van der Waals surface area contributed by atoms with Gasteiger partial charge in [-0.05, 0) is 51.2 Å². The molecule has 1 unspecified atom stereocenters. The Morgan fingerprint density at radius 1 is 1.37 bits per heavy atom. The molecule has 1 saturated heterocycles. The van der Waals surface area contributed by atoms with E-state index in [-0.39, 0.29) is 5.41 Å². The molecule has 5 heteroatoms. The Hall–Kier alpha value is -0.550. The molecule has 104 valence electrons. The van der Waals surface area contributed by atoms with Crippen LogP contribution in [0.5, 0.6) is 0 Å². The predicted octanol–water partition coefficient (Wildman–Crippen LogP) is 3.35. The largest absolute Gasteiger partial charge is 0.306 e. The molecule has 3 nitrogen and oxygen atoms in total. The fourth-order valence-corrected chi connectivity index (χ4v) is 4.85. The van der Waals surface area contributed by atoms with E-state index in [1.54, 1.807) is 0 Å². The van der Waals surface area contributed by atoms with Crippen molar-refractivity contribution in [3.63, 3.8) is 0 Å². The van der Waals surface area contributed by atoms with Crippen LogP contribution in [-0.4, -0.2) is 30.1 Å². The summed E-state index contributed by atoms with van der Waals surface area (Å²) >= 11 is 5.28. The lowest BCUT2D eigenvalue weighted by atomic mass is 9.81. The lowest BCUT2D eigenvalue weighted by Gasteiger charge is -2.39. The maximum atomic E-state index is 6.47. The van der Waals surface area contributed by atoms with Gasteiger partial charge in [0.2, 0.25) is 0 Å². The summed E-state index contributed by atoms with van der Waals surface area (Å²) in [4.78, 5) is 8.38. The fraction of sp³-hybridized carbons (Fsp3) is 0.500. The van der Waals surface area contributed by atoms with Gasteiger partial charge in [0.1, 0.15) is 0 Å². The number of fused-ring (bicyclic) bond motifs is 1. The summed E-state index contributed by atoms with van der Waals surface area (Å²) in [6.07, 6.45) is 2.28. The monoisotopic (exact) mass is 297 g/mol. The van der Waals surface area contributed by atoms with Crippen molar-refractivity contribution in [3.05, 3.63) is 23.2 Å². The minimum absolute atomic E-state index is 0.151. The minimum Gasteiger partial charge on any atom is -0.306 e. The van der Waals surface area contributed by atoms with Gasteiger partial charge in [0.25, 0.3) is 0 Å². The molecule has 2 N–H and O–H groups in total. The van der Waals surface area contributed by atoms with Crippen LogP contribution in [-0.2, 0) is 0 Å². The van der Waals surface area contributed by atoms with Gasteiger partial charge >= 0.3 is 0 Å². The van der Waals surface area contributed by atoms with E-state index in [1.807, 2.05) is 18.2 Å². The molecule has 0 amide bonds. The molecule has 0 spiro atoms. The first-order chi connectivity index (χ1) is 8.99. The summed E-state index contributed by atoms with van der Waals surface area (Å²) in [5.74, 6) is 0. The van der Waals surface area contributed by atoms with Crippen LogP contribution in [0.1, 0.15) is 19.8 Å². The van der Waals surface area contributed by atoms with E-state index in [4.69, 9.17) is 21.7 Å². The maximum Gasteiger partial charge on any atom is 0.0787 e. The number of likely N-dealkylation sites (tertiary alicyclic amines) is 1. The number of hydrogen-bond acceptors (Lipinski definition) is 3. The molecule has 2 aliphatic rings. The molecule has 0 radical (unpaired) electrons. The molecule has 0 aromatic heterocycles. The molecule has 1 aromatic carbocycles. The average molecular weight is 298 g/mol. The molecular weight excluding hydrogens is 278 g/mol. The normalized spacial score (nSPS) is 28.0. The predicted molar refractivity (Wildman–Crippen MR) is 84.8 cm³/mol. The first kappa shape index (κ1) is 13.4. The second-order valence-electron chi connectivity index (χ2n) is 5.80.